The Kier molecular flexibility index (Phi) is 3.13. The highest BCUT2D eigenvalue weighted by atomic mass is 32.1. The van der Waals surface area contributed by atoms with Crippen molar-refractivity contribution in [3.63, 3.8) is 0 Å². The Morgan fingerprint density at radius 2 is 1.32 bits per heavy atom. The van der Waals surface area contributed by atoms with Crippen LogP contribution < -0.4 is 10.9 Å². The van der Waals surface area contributed by atoms with Crippen molar-refractivity contribution in [3.05, 3.63) is 48.5 Å². The third kappa shape index (κ3) is 1.99. The van der Waals surface area contributed by atoms with Gasteiger partial charge in [-0.2, -0.15) is 0 Å². The largest absolute Gasteiger partial charge is 0.489 e. The fourth-order valence-corrected chi connectivity index (χ4v) is 5.06. The predicted molar refractivity (Wildman–Crippen MR) is 105 cm³/mol. The first kappa shape index (κ1) is 15.1. The first-order valence-corrected chi connectivity index (χ1v) is 8.73. The normalized spacial score (nSPS) is 12.0. The summed E-state index contributed by atoms with van der Waals surface area (Å²) in [6, 6.07) is 15.1. The molecule has 0 saturated heterocycles. The number of hydrogen-bond donors (Lipinski definition) is 4. The van der Waals surface area contributed by atoms with Crippen LogP contribution >= 0.6 is 11.3 Å². The summed E-state index contributed by atoms with van der Waals surface area (Å²) in [5, 5.41) is 44.8. The summed E-state index contributed by atoms with van der Waals surface area (Å²) in [5.74, 6) is 0. The SMILES string of the molecule is OB(O)c1cc2sc3cccc4c5cccc(B(O)O)c5c(c1)c2c34. The molecule has 0 fully saturated rings. The number of benzene rings is 4. The van der Waals surface area contributed by atoms with Crippen molar-refractivity contribution < 1.29 is 20.1 Å². The lowest BCUT2D eigenvalue weighted by atomic mass is 9.73. The van der Waals surface area contributed by atoms with Gasteiger partial charge in [-0.3, -0.25) is 0 Å². The summed E-state index contributed by atoms with van der Waals surface area (Å²) in [5.41, 5.74) is 0.808. The van der Waals surface area contributed by atoms with Gasteiger partial charge >= 0.3 is 14.2 Å². The van der Waals surface area contributed by atoms with Gasteiger partial charge in [-0.05, 0) is 44.6 Å². The fourth-order valence-electron chi connectivity index (χ4n) is 3.85. The van der Waals surface area contributed by atoms with Gasteiger partial charge in [-0.25, -0.2) is 0 Å². The minimum absolute atomic E-state index is 0.394. The molecule has 1 aromatic heterocycles. The van der Waals surface area contributed by atoms with Crippen LogP contribution in [0.3, 0.4) is 0 Å². The molecule has 0 amide bonds. The van der Waals surface area contributed by atoms with Crippen LogP contribution in [-0.4, -0.2) is 34.3 Å². The summed E-state index contributed by atoms with van der Waals surface area (Å²) in [6.07, 6.45) is 0. The van der Waals surface area contributed by atoms with Crippen molar-refractivity contribution in [2.75, 3.05) is 0 Å². The van der Waals surface area contributed by atoms with Gasteiger partial charge in [-0.15, -0.1) is 11.3 Å². The molecule has 0 atom stereocenters. The lowest BCUT2D eigenvalue weighted by Gasteiger charge is -2.14. The molecule has 0 saturated carbocycles. The first-order valence-electron chi connectivity index (χ1n) is 7.91. The average Bonchev–Trinajstić information content (AvgIpc) is 2.98. The van der Waals surface area contributed by atoms with Crippen molar-refractivity contribution in [2.24, 2.45) is 0 Å². The molecular formula is C18H12B2O4S. The maximum Gasteiger partial charge on any atom is 0.489 e. The molecule has 25 heavy (non-hydrogen) atoms. The van der Waals surface area contributed by atoms with Crippen molar-refractivity contribution in [3.8, 4) is 0 Å². The van der Waals surface area contributed by atoms with Gasteiger partial charge in [0.1, 0.15) is 0 Å². The highest BCUT2D eigenvalue weighted by Gasteiger charge is 2.23. The zero-order valence-corrected chi connectivity index (χ0v) is 13.8. The number of fused-ring (bicyclic) bond motifs is 3. The van der Waals surface area contributed by atoms with E-state index in [1.807, 2.05) is 24.3 Å². The van der Waals surface area contributed by atoms with Gasteiger partial charge in [0.2, 0.25) is 0 Å². The standard InChI is InChI=1S/C18H12B2O4S/c21-19(22)9-7-12-16-10(3-1-5-13(16)20(23)24)11-4-2-6-14-17(11)18(12)15(8-9)25-14/h1-8,21-24H. The Morgan fingerprint density at radius 3 is 2.04 bits per heavy atom. The molecule has 0 aliphatic heterocycles. The van der Waals surface area contributed by atoms with Gasteiger partial charge in [0.25, 0.3) is 0 Å². The molecule has 0 radical (unpaired) electrons. The van der Waals surface area contributed by atoms with Gasteiger partial charge < -0.3 is 20.1 Å². The lowest BCUT2D eigenvalue weighted by Crippen LogP contribution is -2.31. The van der Waals surface area contributed by atoms with Gasteiger partial charge in [0.15, 0.2) is 0 Å². The summed E-state index contributed by atoms with van der Waals surface area (Å²) >= 11 is 1.60. The van der Waals surface area contributed by atoms with Crippen LogP contribution in [0.5, 0.6) is 0 Å². The van der Waals surface area contributed by atoms with Crippen LogP contribution in [0, 0.1) is 0 Å². The van der Waals surface area contributed by atoms with Crippen molar-refractivity contribution in [1.29, 1.82) is 0 Å². The van der Waals surface area contributed by atoms with Crippen LogP contribution in [0.25, 0.3) is 41.7 Å². The average molecular weight is 346 g/mol. The molecule has 0 aliphatic carbocycles. The summed E-state index contributed by atoms with van der Waals surface area (Å²) in [7, 11) is -3.19. The zero-order valence-electron chi connectivity index (χ0n) is 13.0. The highest BCUT2D eigenvalue weighted by molar-refractivity contribution is 7.26. The minimum Gasteiger partial charge on any atom is -0.423 e. The van der Waals surface area contributed by atoms with Crippen LogP contribution in [0.15, 0.2) is 48.5 Å². The Bertz CT molecular complexity index is 1260. The predicted octanol–water partition coefficient (Wildman–Crippen LogP) is 1.16. The van der Waals surface area contributed by atoms with E-state index >= 15 is 0 Å². The minimum atomic E-state index is -1.60. The third-order valence-electron chi connectivity index (χ3n) is 4.85. The van der Waals surface area contributed by atoms with Crippen LogP contribution in [0.4, 0.5) is 0 Å². The van der Waals surface area contributed by atoms with E-state index in [4.69, 9.17) is 0 Å². The number of hydrogen-bond acceptors (Lipinski definition) is 5. The first-order chi connectivity index (χ1) is 12.1. The second kappa shape index (κ2) is 5.17. The molecule has 4 nitrogen and oxygen atoms in total. The molecule has 1 heterocycles. The van der Waals surface area contributed by atoms with Crippen molar-refractivity contribution in [2.45, 2.75) is 0 Å². The van der Waals surface area contributed by atoms with E-state index in [-0.39, 0.29) is 0 Å². The quantitative estimate of drug-likeness (QED) is 0.286. The molecule has 7 heteroatoms. The van der Waals surface area contributed by atoms with Gasteiger partial charge in [0, 0.05) is 20.2 Å². The second-order valence-electron chi connectivity index (χ2n) is 6.24. The van der Waals surface area contributed by atoms with Crippen LogP contribution in [0.1, 0.15) is 0 Å². The molecule has 0 aliphatic rings. The van der Waals surface area contributed by atoms with E-state index in [0.29, 0.717) is 10.9 Å². The van der Waals surface area contributed by atoms with E-state index in [1.165, 1.54) is 0 Å². The van der Waals surface area contributed by atoms with E-state index in [1.54, 1.807) is 29.5 Å². The Hall–Kier alpha value is -2.15. The van der Waals surface area contributed by atoms with E-state index < -0.39 is 14.2 Å². The summed E-state index contributed by atoms with van der Waals surface area (Å²) in [6.45, 7) is 0. The Morgan fingerprint density at radius 1 is 0.640 bits per heavy atom. The second-order valence-corrected chi connectivity index (χ2v) is 7.32. The van der Waals surface area contributed by atoms with E-state index in [2.05, 4.69) is 6.07 Å². The molecule has 0 bridgehead atoms. The maximum absolute atomic E-state index is 9.87. The maximum atomic E-state index is 9.87. The van der Waals surface area contributed by atoms with Crippen molar-refractivity contribution >= 4 is 78.2 Å². The van der Waals surface area contributed by atoms with Gasteiger partial charge in [0.05, 0.1) is 0 Å². The Balaban J connectivity index is 2.17. The monoisotopic (exact) mass is 346 g/mol. The van der Waals surface area contributed by atoms with Crippen LogP contribution in [0.2, 0.25) is 0 Å². The summed E-state index contributed by atoms with van der Waals surface area (Å²) in [4.78, 5) is 0. The molecule has 4 aromatic carbocycles. The van der Waals surface area contributed by atoms with Crippen molar-refractivity contribution in [1.82, 2.24) is 0 Å². The molecular weight excluding hydrogens is 334 g/mol. The Labute approximate surface area is 147 Å². The molecule has 0 spiro atoms. The summed E-state index contributed by atoms with van der Waals surface area (Å²) < 4.78 is 2.08. The van der Waals surface area contributed by atoms with Crippen LogP contribution in [-0.2, 0) is 0 Å². The number of rotatable bonds is 2. The smallest absolute Gasteiger partial charge is 0.423 e. The van der Waals surface area contributed by atoms with E-state index in [0.717, 1.165) is 41.7 Å². The topological polar surface area (TPSA) is 80.9 Å². The molecule has 5 aromatic rings. The third-order valence-corrected chi connectivity index (χ3v) is 5.96. The number of thiophene rings is 1. The highest BCUT2D eigenvalue weighted by Crippen LogP contribution is 2.44. The zero-order chi connectivity index (χ0) is 17.3. The molecule has 4 N–H and O–H groups in total. The molecule has 0 unspecified atom stereocenters. The molecule has 120 valence electrons. The fraction of sp³-hybridized carbons (Fsp3) is 0. The van der Waals surface area contributed by atoms with Gasteiger partial charge in [-0.1, -0.05) is 36.4 Å². The molecule has 5 rings (SSSR count). The van der Waals surface area contributed by atoms with E-state index in [9.17, 15) is 20.1 Å². The lowest BCUT2D eigenvalue weighted by molar-refractivity contribution is 0.425.